The summed E-state index contributed by atoms with van der Waals surface area (Å²) in [6, 6.07) is 0.448. The van der Waals surface area contributed by atoms with Gasteiger partial charge in [-0.25, -0.2) is 0 Å². The molecule has 1 saturated carbocycles. The lowest BCUT2D eigenvalue weighted by Crippen LogP contribution is -2.50. The molecule has 20 heavy (non-hydrogen) atoms. The number of likely N-dealkylation sites (N-methyl/N-ethyl adjacent to an activating group) is 1. The Hall–Kier alpha value is -0.160. The zero-order valence-corrected chi connectivity index (χ0v) is 13.6. The predicted octanol–water partition coefficient (Wildman–Crippen LogP) is 1.07. The smallest absolute Gasteiger partial charge is 0.0110 e. The van der Waals surface area contributed by atoms with E-state index in [1.54, 1.807) is 0 Å². The van der Waals surface area contributed by atoms with Crippen LogP contribution in [0.15, 0.2) is 0 Å². The molecule has 1 saturated heterocycles. The topological polar surface area (TPSA) is 35.7 Å². The molecule has 0 spiro atoms. The average molecular weight is 282 g/mol. The van der Waals surface area contributed by atoms with Crippen molar-refractivity contribution in [3.05, 3.63) is 0 Å². The molecular weight excluding hydrogens is 248 g/mol. The van der Waals surface area contributed by atoms with Crippen LogP contribution in [0.5, 0.6) is 0 Å². The number of piperazine rings is 1. The first-order valence-corrected chi connectivity index (χ1v) is 8.50. The maximum Gasteiger partial charge on any atom is 0.0110 e. The van der Waals surface area contributed by atoms with Gasteiger partial charge in [0.15, 0.2) is 0 Å². The summed E-state index contributed by atoms with van der Waals surface area (Å²) in [5.74, 6) is 0.742. The molecule has 2 unspecified atom stereocenters. The third-order valence-corrected chi connectivity index (χ3v) is 5.04. The summed E-state index contributed by atoms with van der Waals surface area (Å²) < 4.78 is 0. The lowest BCUT2D eigenvalue weighted by molar-refractivity contribution is 0.106. The molecule has 0 aromatic carbocycles. The SMILES string of the molecule is CN(C)CCN1CCN(CC2CCCCCC2N)CC1. The Kier molecular flexibility index (Phi) is 6.75. The Labute approximate surface area is 125 Å². The standard InChI is InChI=1S/C16H34N4/c1-18(2)8-9-19-10-12-20(13-11-19)14-15-6-4-3-5-7-16(15)17/h15-16H,3-14,17H2,1-2H3. The molecule has 4 heteroatoms. The van der Waals surface area contributed by atoms with Gasteiger partial charge in [0.05, 0.1) is 0 Å². The van der Waals surface area contributed by atoms with E-state index in [2.05, 4.69) is 28.8 Å². The fourth-order valence-electron chi connectivity index (χ4n) is 3.51. The van der Waals surface area contributed by atoms with Crippen LogP contribution >= 0.6 is 0 Å². The molecule has 118 valence electrons. The van der Waals surface area contributed by atoms with Crippen molar-refractivity contribution in [2.24, 2.45) is 11.7 Å². The van der Waals surface area contributed by atoms with Gasteiger partial charge in [0.25, 0.3) is 0 Å². The van der Waals surface area contributed by atoms with E-state index >= 15 is 0 Å². The molecule has 0 aromatic heterocycles. The number of hydrogen-bond donors (Lipinski definition) is 1. The molecule has 1 heterocycles. The second-order valence-electron chi connectivity index (χ2n) is 7.01. The van der Waals surface area contributed by atoms with E-state index in [0.717, 1.165) is 5.92 Å². The van der Waals surface area contributed by atoms with E-state index in [1.807, 2.05) is 0 Å². The Balaban J connectivity index is 1.68. The lowest BCUT2D eigenvalue weighted by atomic mass is 9.94. The van der Waals surface area contributed by atoms with Gasteiger partial charge in [-0.05, 0) is 32.9 Å². The highest BCUT2D eigenvalue weighted by Gasteiger charge is 2.24. The zero-order valence-electron chi connectivity index (χ0n) is 13.6. The van der Waals surface area contributed by atoms with Gasteiger partial charge in [-0.3, -0.25) is 4.90 Å². The molecule has 2 atom stereocenters. The van der Waals surface area contributed by atoms with Gasteiger partial charge < -0.3 is 15.5 Å². The third kappa shape index (κ3) is 5.32. The highest BCUT2D eigenvalue weighted by molar-refractivity contribution is 4.81. The first-order valence-electron chi connectivity index (χ1n) is 8.50. The quantitative estimate of drug-likeness (QED) is 0.765. The van der Waals surface area contributed by atoms with Crippen molar-refractivity contribution in [1.29, 1.82) is 0 Å². The van der Waals surface area contributed by atoms with Crippen LogP contribution in [0.2, 0.25) is 0 Å². The predicted molar refractivity (Wildman–Crippen MR) is 86.0 cm³/mol. The summed E-state index contributed by atoms with van der Waals surface area (Å²) >= 11 is 0. The number of nitrogens with zero attached hydrogens (tertiary/aromatic N) is 3. The van der Waals surface area contributed by atoms with Crippen LogP contribution in [0, 0.1) is 5.92 Å². The van der Waals surface area contributed by atoms with Crippen LogP contribution < -0.4 is 5.73 Å². The molecule has 2 rings (SSSR count). The average Bonchev–Trinajstić information content (AvgIpc) is 2.63. The molecule has 0 bridgehead atoms. The fraction of sp³-hybridized carbons (Fsp3) is 1.00. The zero-order chi connectivity index (χ0) is 14.4. The second kappa shape index (κ2) is 8.32. The van der Waals surface area contributed by atoms with E-state index in [-0.39, 0.29) is 0 Å². The van der Waals surface area contributed by atoms with Crippen LogP contribution in [0.1, 0.15) is 32.1 Å². The summed E-state index contributed by atoms with van der Waals surface area (Å²) in [7, 11) is 4.31. The molecule has 0 aromatic rings. The van der Waals surface area contributed by atoms with Crippen LogP contribution in [0.3, 0.4) is 0 Å². The van der Waals surface area contributed by atoms with E-state index < -0.39 is 0 Å². The minimum atomic E-state index is 0.448. The third-order valence-electron chi connectivity index (χ3n) is 5.04. The summed E-state index contributed by atoms with van der Waals surface area (Å²) in [6.45, 7) is 8.55. The lowest BCUT2D eigenvalue weighted by Gasteiger charge is -2.37. The highest BCUT2D eigenvalue weighted by atomic mass is 15.3. The van der Waals surface area contributed by atoms with Gasteiger partial charge in [-0.1, -0.05) is 19.3 Å². The van der Waals surface area contributed by atoms with Gasteiger partial charge in [-0.2, -0.15) is 0 Å². The van der Waals surface area contributed by atoms with Gasteiger partial charge in [0.1, 0.15) is 0 Å². The van der Waals surface area contributed by atoms with Gasteiger partial charge in [0.2, 0.25) is 0 Å². The summed E-state index contributed by atoms with van der Waals surface area (Å²) in [6.07, 6.45) is 6.72. The van der Waals surface area contributed by atoms with Crippen LogP contribution in [0.4, 0.5) is 0 Å². The van der Waals surface area contributed by atoms with E-state index in [0.29, 0.717) is 6.04 Å². The van der Waals surface area contributed by atoms with Crippen LogP contribution in [0.25, 0.3) is 0 Å². The Bertz CT molecular complexity index is 261. The molecular formula is C16H34N4. The Morgan fingerprint density at radius 2 is 1.60 bits per heavy atom. The van der Waals surface area contributed by atoms with E-state index in [1.165, 1.54) is 77.9 Å². The van der Waals surface area contributed by atoms with Gasteiger partial charge >= 0.3 is 0 Å². The molecule has 2 N–H and O–H groups in total. The van der Waals surface area contributed by atoms with Crippen molar-refractivity contribution in [2.45, 2.75) is 38.1 Å². The van der Waals surface area contributed by atoms with E-state index in [4.69, 9.17) is 5.73 Å². The van der Waals surface area contributed by atoms with Crippen molar-refractivity contribution in [1.82, 2.24) is 14.7 Å². The maximum absolute atomic E-state index is 6.36. The number of rotatable bonds is 5. The van der Waals surface area contributed by atoms with Crippen LogP contribution in [-0.4, -0.2) is 80.7 Å². The highest BCUT2D eigenvalue weighted by Crippen LogP contribution is 2.23. The summed E-state index contributed by atoms with van der Waals surface area (Å²) in [4.78, 5) is 7.53. The van der Waals surface area contributed by atoms with Crippen molar-refractivity contribution in [3.8, 4) is 0 Å². The van der Waals surface area contributed by atoms with Crippen molar-refractivity contribution >= 4 is 0 Å². The monoisotopic (exact) mass is 282 g/mol. The molecule has 2 fully saturated rings. The number of hydrogen-bond acceptors (Lipinski definition) is 4. The number of nitrogens with two attached hydrogens (primary N) is 1. The molecule has 1 aliphatic carbocycles. The maximum atomic E-state index is 6.36. The van der Waals surface area contributed by atoms with Crippen molar-refractivity contribution < 1.29 is 0 Å². The van der Waals surface area contributed by atoms with Gasteiger partial charge in [0, 0.05) is 51.9 Å². The van der Waals surface area contributed by atoms with Crippen LogP contribution in [-0.2, 0) is 0 Å². The Morgan fingerprint density at radius 1 is 0.950 bits per heavy atom. The molecule has 1 aliphatic heterocycles. The van der Waals surface area contributed by atoms with Gasteiger partial charge in [-0.15, -0.1) is 0 Å². The minimum Gasteiger partial charge on any atom is -0.327 e. The first kappa shape index (κ1) is 16.2. The molecule has 0 amide bonds. The first-order chi connectivity index (χ1) is 9.65. The molecule has 2 aliphatic rings. The van der Waals surface area contributed by atoms with Crippen molar-refractivity contribution in [2.75, 3.05) is 59.9 Å². The second-order valence-corrected chi connectivity index (χ2v) is 7.01. The van der Waals surface area contributed by atoms with E-state index in [9.17, 15) is 0 Å². The minimum absolute atomic E-state index is 0.448. The summed E-state index contributed by atoms with van der Waals surface area (Å²) in [5, 5.41) is 0. The largest absolute Gasteiger partial charge is 0.327 e. The normalized spacial score (nSPS) is 30.6. The summed E-state index contributed by atoms with van der Waals surface area (Å²) in [5.41, 5.74) is 6.36. The molecule has 4 nitrogen and oxygen atoms in total. The molecule has 0 radical (unpaired) electrons. The van der Waals surface area contributed by atoms with Crippen molar-refractivity contribution in [3.63, 3.8) is 0 Å². The fourth-order valence-corrected chi connectivity index (χ4v) is 3.51. The Morgan fingerprint density at radius 3 is 2.30 bits per heavy atom.